The maximum atomic E-state index is 12.8. The maximum absolute atomic E-state index is 12.8. The van der Waals surface area contributed by atoms with Crippen LogP contribution in [-0.2, 0) is 14.8 Å². The van der Waals surface area contributed by atoms with Crippen molar-refractivity contribution in [3.8, 4) is 0 Å². The zero-order valence-corrected chi connectivity index (χ0v) is 13.8. The number of nitro groups is 1. The Labute approximate surface area is 142 Å². The molecule has 0 fully saturated rings. The standard InChI is InChI=1S/C16H12N2O6S/c1-17-16(20)14(12-4-2-3-5-13(12)25(17,23)24)15(19)10-6-8-11(9-7-10)18(21)22/h2-9,14H,1H3. The summed E-state index contributed by atoms with van der Waals surface area (Å²) in [7, 11) is -2.89. The Balaban J connectivity index is 2.11. The molecule has 0 saturated carbocycles. The first-order valence-electron chi connectivity index (χ1n) is 7.15. The third-order valence-electron chi connectivity index (χ3n) is 4.05. The molecular weight excluding hydrogens is 348 g/mol. The Morgan fingerprint density at radius 3 is 2.32 bits per heavy atom. The van der Waals surface area contributed by atoms with Crippen LogP contribution in [-0.4, -0.2) is 36.4 Å². The van der Waals surface area contributed by atoms with Gasteiger partial charge in [-0.05, 0) is 23.8 Å². The van der Waals surface area contributed by atoms with E-state index >= 15 is 0 Å². The topological polar surface area (TPSA) is 115 Å². The van der Waals surface area contributed by atoms with Gasteiger partial charge in [0.25, 0.3) is 21.6 Å². The maximum Gasteiger partial charge on any atom is 0.269 e. The lowest BCUT2D eigenvalue weighted by Crippen LogP contribution is -2.44. The van der Waals surface area contributed by atoms with Crippen molar-refractivity contribution in [2.24, 2.45) is 0 Å². The molecule has 1 amide bonds. The normalized spacial score (nSPS) is 18.5. The van der Waals surface area contributed by atoms with Gasteiger partial charge in [-0.2, -0.15) is 0 Å². The van der Waals surface area contributed by atoms with Crippen LogP contribution in [0.15, 0.2) is 53.4 Å². The highest BCUT2D eigenvalue weighted by Gasteiger charge is 2.44. The number of amides is 1. The molecule has 25 heavy (non-hydrogen) atoms. The largest absolute Gasteiger partial charge is 0.293 e. The van der Waals surface area contributed by atoms with Gasteiger partial charge in [-0.25, -0.2) is 12.7 Å². The highest BCUT2D eigenvalue weighted by atomic mass is 32.2. The van der Waals surface area contributed by atoms with E-state index in [0.717, 1.165) is 19.2 Å². The van der Waals surface area contributed by atoms with Crippen LogP contribution >= 0.6 is 0 Å². The first-order chi connectivity index (χ1) is 11.7. The summed E-state index contributed by atoms with van der Waals surface area (Å²) in [5.74, 6) is -2.79. The molecule has 0 radical (unpaired) electrons. The lowest BCUT2D eigenvalue weighted by atomic mass is 9.89. The Morgan fingerprint density at radius 2 is 1.72 bits per heavy atom. The molecule has 1 aliphatic heterocycles. The van der Waals surface area contributed by atoms with Gasteiger partial charge in [0.2, 0.25) is 0 Å². The van der Waals surface area contributed by atoms with Crippen LogP contribution in [0.25, 0.3) is 0 Å². The number of non-ortho nitro benzene ring substituents is 1. The average Bonchev–Trinajstić information content (AvgIpc) is 2.60. The fraction of sp³-hybridized carbons (Fsp3) is 0.125. The van der Waals surface area contributed by atoms with E-state index in [0.29, 0.717) is 4.31 Å². The number of nitrogens with zero attached hydrogens (tertiary/aromatic N) is 2. The summed E-state index contributed by atoms with van der Waals surface area (Å²) >= 11 is 0. The Morgan fingerprint density at radius 1 is 1.12 bits per heavy atom. The minimum atomic E-state index is -3.99. The number of benzene rings is 2. The van der Waals surface area contributed by atoms with Crippen LogP contribution in [0.5, 0.6) is 0 Å². The fourth-order valence-corrected chi connectivity index (χ4v) is 4.07. The van der Waals surface area contributed by atoms with E-state index in [2.05, 4.69) is 0 Å². The number of fused-ring (bicyclic) bond motifs is 1. The number of nitro benzene ring substituents is 1. The quantitative estimate of drug-likeness (QED) is 0.356. The molecule has 9 heteroatoms. The fourth-order valence-electron chi connectivity index (χ4n) is 2.70. The van der Waals surface area contributed by atoms with Gasteiger partial charge in [-0.15, -0.1) is 0 Å². The van der Waals surface area contributed by atoms with Crippen molar-refractivity contribution < 1.29 is 22.9 Å². The van der Waals surface area contributed by atoms with Crippen molar-refractivity contribution >= 4 is 27.4 Å². The van der Waals surface area contributed by atoms with Gasteiger partial charge < -0.3 is 0 Å². The van der Waals surface area contributed by atoms with Crippen molar-refractivity contribution in [1.82, 2.24) is 4.31 Å². The zero-order chi connectivity index (χ0) is 18.4. The van der Waals surface area contributed by atoms with Gasteiger partial charge in [-0.3, -0.25) is 19.7 Å². The predicted octanol–water partition coefficient (Wildman–Crippen LogP) is 1.72. The van der Waals surface area contributed by atoms with Crippen molar-refractivity contribution in [3.05, 3.63) is 69.8 Å². The Kier molecular flexibility index (Phi) is 3.88. The molecule has 0 spiro atoms. The van der Waals surface area contributed by atoms with Gasteiger partial charge in [-0.1, -0.05) is 18.2 Å². The number of hydrogen-bond donors (Lipinski definition) is 0. The van der Waals surface area contributed by atoms with Crippen molar-refractivity contribution in [3.63, 3.8) is 0 Å². The highest BCUT2D eigenvalue weighted by Crippen LogP contribution is 2.35. The predicted molar refractivity (Wildman–Crippen MR) is 86.6 cm³/mol. The lowest BCUT2D eigenvalue weighted by molar-refractivity contribution is -0.384. The summed E-state index contributed by atoms with van der Waals surface area (Å²) in [4.78, 5) is 35.3. The molecule has 0 aliphatic carbocycles. The van der Waals surface area contributed by atoms with Crippen LogP contribution in [0.3, 0.4) is 0 Å². The number of Topliss-reactive ketones (excluding diaryl/α,β-unsaturated/α-hetero) is 1. The van der Waals surface area contributed by atoms with Crippen LogP contribution in [0.1, 0.15) is 21.8 Å². The highest BCUT2D eigenvalue weighted by molar-refractivity contribution is 7.89. The molecule has 1 atom stereocenters. The zero-order valence-electron chi connectivity index (χ0n) is 12.9. The molecule has 2 aromatic rings. The number of likely N-dealkylation sites (N-methyl/N-ethyl adjacent to an activating group) is 1. The molecule has 0 saturated heterocycles. The third-order valence-corrected chi connectivity index (χ3v) is 5.88. The second-order valence-corrected chi connectivity index (χ2v) is 7.39. The van der Waals surface area contributed by atoms with Crippen molar-refractivity contribution in [1.29, 1.82) is 0 Å². The molecule has 1 heterocycles. The number of rotatable bonds is 3. The molecule has 8 nitrogen and oxygen atoms in total. The minimum Gasteiger partial charge on any atom is -0.293 e. The number of carbonyl (C=O) groups is 2. The molecule has 0 bridgehead atoms. The molecule has 3 rings (SSSR count). The lowest BCUT2D eigenvalue weighted by Gasteiger charge is -2.30. The summed E-state index contributed by atoms with van der Waals surface area (Å²) in [6.07, 6.45) is 0. The Hall–Kier alpha value is -3.07. The summed E-state index contributed by atoms with van der Waals surface area (Å²) < 4.78 is 25.3. The molecule has 1 aliphatic rings. The second kappa shape index (κ2) is 5.78. The number of hydrogen-bond acceptors (Lipinski definition) is 6. The first kappa shape index (κ1) is 16.8. The first-order valence-corrected chi connectivity index (χ1v) is 8.59. The Bertz CT molecular complexity index is 998. The molecular formula is C16H12N2O6S. The summed E-state index contributed by atoms with van der Waals surface area (Å²) in [5, 5.41) is 10.7. The van der Waals surface area contributed by atoms with E-state index in [4.69, 9.17) is 0 Å². The van der Waals surface area contributed by atoms with E-state index in [9.17, 15) is 28.1 Å². The number of ketones is 1. The van der Waals surface area contributed by atoms with E-state index in [1.54, 1.807) is 6.07 Å². The van der Waals surface area contributed by atoms with E-state index < -0.39 is 32.6 Å². The van der Waals surface area contributed by atoms with E-state index in [1.807, 2.05) is 0 Å². The SMILES string of the molecule is CN1C(=O)C(C(=O)c2ccc([N+](=O)[O-])cc2)c2ccccc2S1(=O)=O. The summed E-state index contributed by atoms with van der Waals surface area (Å²) in [6, 6.07) is 10.6. The molecule has 0 N–H and O–H groups in total. The smallest absolute Gasteiger partial charge is 0.269 e. The van der Waals surface area contributed by atoms with Crippen LogP contribution in [0.2, 0.25) is 0 Å². The molecule has 2 aromatic carbocycles. The second-order valence-electron chi connectivity index (χ2n) is 5.45. The molecule has 1 unspecified atom stereocenters. The number of sulfonamides is 1. The van der Waals surface area contributed by atoms with Crippen LogP contribution < -0.4 is 0 Å². The minimum absolute atomic E-state index is 0.0893. The van der Waals surface area contributed by atoms with Gasteiger partial charge >= 0.3 is 0 Å². The van der Waals surface area contributed by atoms with Crippen molar-refractivity contribution in [2.75, 3.05) is 7.05 Å². The third kappa shape index (κ3) is 2.58. The monoisotopic (exact) mass is 360 g/mol. The van der Waals surface area contributed by atoms with Gasteiger partial charge in [0.1, 0.15) is 5.92 Å². The summed E-state index contributed by atoms with van der Waals surface area (Å²) in [6.45, 7) is 0. The van der Waals surface area contributed by atoms with Gasteiger partial charge in [0.15, 0.2) is 5.78 Å². The summed E-state index contributed by atoms with van der Waals surface area (Å²) in [5.41, 5.74) is 0.00650. The molecule has 128 valence electrons. The van der Waals surface area contributed by atoms with Crippen LogP contribution in [0.4, 0.5) is 5.69 Å². The average molecular weight is 360 g/mol. The number of carbonyl (C=O) groups excluding carboxylic acids is 2. The van der Waals surface area contributed by atoms with Gasteiger partial charge in [0, 0.05) is 24.7 Å². The molecule has 0 aromatic heterocycles. The van der Waals surface area contributed by atoms with E-state index in [1.165, 1.54) is 30.3 Å². The van der Waals surface area contributed by atoms with Gasteiger partial charge in [0.05, 0.1) is 9.82 Å². The van der Waals surface area contributed by atoms with E-state index in [-0.39, 0.29) is 21.7 Å². The van der Waals surface area contributed by atoms with Crippen molar-refractivity contribution in [2.45, 2.75) is 10.8 Å². The van der Waals surface area contributed by atoms with Crippen LogP contribution in [0, 0.1) is 10.1 Å².